The minimum absolute atomic E-state index is 0. The van der Waals surface area contributed by atoms with Gasteiger partial charge in [-0.3, -0.25) is 0 Å². The van der Waals surface area contributed by atoms with Crippen LogP contribution in [-0.4, -0.2) is 16.2 Å². The molecular formula is C5H17NO2. The maximum atomic E-state index is 8.83. The molecule has 0 fully saturated rings. The third-order valence-corrected chi connectivity index (χ3v) is 0.865. The van der Waals surface area contributed by atoms with Crippen LogP contribution < -0.4 is 6.15 Å². The zero-order valence-corrected chi connectivity index (χ0v) is 5.86. The van der Waals surface area contributed by atoms with Crippen molar-refractivity contribution in [2.75, 3.05) is 0 Å². The predicted molar refractivity (Wildman–Crippen MR) is 35.2 cm³/mol. The molecule has 0 unspecified atom stereocenters. The van der Waals surface area contributed by atoms with E-state index < -0.39 is 5.60 Å². The Balaban J connectivity index is -0.000000125. The normalized spacial score (nSPS) is 9.00. The van der Waals surface area contributed by atoms with Crippen molar-refractivity contribution < 1.29 is 10.6 Å². The number of rotatable bonds is 1. The van der Waals surface area contributed by atoms with Gasteiger partial charge in [-0.25, -0.2) is 0 Å². The van der Waals surface area contributed by atoms with Crippen molar-refractivity contribution in [2.24, 2.45) is 0 Å². The van der Waals surface area contributed by atoms with Crippen LogP contribution in [0.2, 0.25) is 0 Å². The highest BCUT2D eigenvalue weighted by Gasteiger charge is 2.05. The van der Waals surface area contributed by atoms with E-state index in [1.165, 1.54) is 0 Å². The van der Waals surface area contributed by atoms with Crippen LogP contribution in [0, 0.1) is 0 Å². The molecule has 0 aromatic heterocycles. The first kappa shape index (κ1) is 15.7. The van der Waals surface area contributed by atoms with Gasteiger partial charge in [-0.05, 0) is 20.3 Å². The molecule has 0 atom stereocenters. The Hall–Kier alpha value is -0.120. The van der Waals surface area contributed by atoms with E-state index in [0.29, 0.717) is 0 Å². The van der Waals surface area contributed by atoms with Gasteiger partial charge in [0.2, 0.25) is 0 Å². The quantitative estimate of drug-likeness (QED) is 0.532. The van der Waals surface area contributed by atoms with Crippen molar-refractivity contribution in [3.8, 4) is 0 Å². The van der Waals surface area contributed by atoms with Gasteiger partial charge >= 0.3 is 0 Å². The second-order valence-electron chi connectivity index (χ2n) is 2.17. The molecule has 0 aliphatic heterocycles. The molecule has 0 spiro atoms. The monoisotopic (exact) mass is 123 g/mol. The van der Waals surface area contributed by atoms with Crippen molar-refractivity contribution in [3.63, 3.8) is 0 Å². The molecule has 0 aromatic carbocycles. The summed E-state index contributed by atoms with van der Waals surface area (Å²) >= 11 is 0. The van der Waals surface area contributed by atoms with Gasteiger partial charge in [0.15, 0.2) is 0 Å². The Morgan fingerprint density at radius 2 is 1.50 bits per heavy atom. The maximum absolute atomic E-state index is 8.83. The summed E-state index contributed by atoms with van der Waals surface area (Å²) in [7, 11) is 0. The summed E-state index contributed by atoms with van der Waals surface area (Å²) in [5.74, 6) is 0. The van der Waals surface area contributed by atoms with Crippen LogP contribution >= 0.6 is 0 Å². The third-order valence-electron chi connectivity index (χ3n) is 0.865. The van der Waals surface area contributed by atoms with Crippen molar-refractivity contribution >= 4 is 0 Å². The number of hydrogen-bond acceptors (Lipinski definition) is 2. The summed E-state index contributed by atoms with van der Waals surface area (Å²) in [6, 6.07) is 0. The Kier molecular flexibility index (Phi) is 9.84. The molecule has 6 N–H and O–H groups in total. The lowest BCUT2D eigenvalue weighted by Gasteiger charge is -2.11. The van der Waals surface area contributed by atoms with Crippen molar-refractivity contribution in [1.29, 1.82) is 0 Å². The minimum Gasteiger partial charge on any atom is -0.412 e. The Morgan fingerprint density at radius 1 is 1.38 bits per heavy atom. The fourth-order valence-electron chi connectivity index (χ4n) is 0. The molecule has 0 aromatic rings. The lowest BCUT2D eigenvalue weighted by atomic mass is 10.1. The van der Waals surface area contributed by atoms with Gasteiger partial charge in [-0.1, -0.05) is 6.92 Å². The lowest BCUT2D eigenvalue weighted by Crippen LogP contribution is -2.15. The Bertz CT molecular complexity index is 40.2. The van der Waals surface area contributed by atoms with Crippen LogP contribution in [0.5, 0.6) is 0 Å². The van der Waals surface area contributed by atoms with Crippen molar-refractivity contribution in [2.45, 2.75) is 32.8 Å². The van der Waals surface area contributed by atoms with E-state index in [1.807, 2.05) is 6.92 Å². The molecule has 54 valence electrons. The molecule has 0 aliphatic rings. The number of hydrogen-bond donors (Lipinski definition) is 2. The predicted octanol–water partition coefficient (Wildman–Crippen LogP) is 0.505. The topological polar surface area (TPSA) is 86.7 Å². The lowest BCUT2D eigenvalue weighted by molar-refractivity contribution is 0.0765. The highest BCUT2D eigenvalue weighted by molar-refractivity contribution is 4.59. The maximum Gasteiger partial charge on any atom is 0.0589 e. The van der Waals surface area contributed by atoms with E-state index in [1.54, 1.807) is 13.8 Å². The molecule has 0 rings (SSSR count). The second-order valence-corrected chi connectivity index (χ2v) is 2.17. The average molecular weight is 123 g/mol. The molecule has 0 amide bonds. The molecule has 0 aliphatic carbocycles. The summed E-state index contributed by atoms with van der Waals surface area (Å²) in [4.78, 5) is 0. The molecule has 0 saturated heterocycles. The van der Waals surface area contributed by atoms with Gasteiger partial charge < -0.3 is 16.7 Å². The van der Waals surface area contributed by atoms with E-state index in [0.717, 1.165) is 6.42 Å². The van der Waals surface area contributed by atoms with Crippen LogP contribution in [0.4, 0.5) is 0 Å². The van der Waals surface area contributed by atoms with Gasteiger partial charge in [0.1, 0.15) is 0 Å². The van der Waals surface area contributed by atoms with Gasteiger partial charge in [0.25, 0.3) is 0 Å². The first-order valence-corrected chi connectivity index (χ1v) is 2.28. The summed E-state index contributed by atoms with van der Waals surface area (Å²) in [6.07, 6.45) is 0.826. The SMILES string of the molecule is CCC(C)(C)O.N.O. The van der Waals surface area contributed by atoms with Crippen molar-refractivity contribution in [1.82, 2.24) is 6.15 Å². The fourth-order valence-corrected chi connectivity index (χ4v) is 0. The summed E-state index contributed by atoms with van der Waals surface area (Å²) in [5.41, 5.74) is -0.458. The van der Waals surface area contributed by atoms with Gasteiger partial charge in [-0.15, -0.1) is 0 Å². The van der Waals surface area contributed by atoms with Gasteiger partial charge in [0.05, 0.1) is 5.60 Å². The highest BCUT2D eigenvalue weighted by atomic mass is 16.3. The van der Waals surface area contributed by atoms with Gasteiger partial charge in [0, 0.05) is 0 Å². The van der Waals surface area contributed by atoms with Crippen LogP contribution in [0.3, 0.4) is 0 Å². The first-order chi connectivity index (χ1) is 2.56. The molecule has 0 radical (unpaired) electrons. The molecule has 0 saturated carbocycles. The minimum atomic E-state index is -0.458. The molecule has 0 bridgehead atoms. The van der Waals surface area contributed by atoms with E-state index in [4.69, 9.17) is 5.11 Å². The number of aliphatic hydroxyl groups is 1. The van der Waals surface area contributed by atoms with Crippen LogP contribution in [0.25, 0.3) is 0 Å². The zero-order valence-electron chi connectivity index (χ0n) is 5.86. The highest BCUT2D eigenvalue weighted by Crippen LogP contribution is 2.03. The van der Waals surface area contributed by atoms with Crippen LogP contribution in [0.1, 0.15) is 27.2 Å². The molecule has 3 heteroatoms. The average Bonchev–Trinajstić information content (AvgIpc) is 1.35. The summed E-state index contributed by atoms with van der Waals surface area (Å²) < 4.78 is 0. The smallest absolute Gasteiger partial charge is 0.0589 e. The fraction of sp³-hybridized carbons (Fsp3) is 1.00. The van der Waals surface area contributed by atoms with E-state index >= 15 is 0 Å². The van der Waals surface area contributed by atoms with Crippen LogP contribution in [0.15, 0.2) is 0 Å². The first-order valence-electron chi connectivity index (χ1n) is 2.28. The standard InChI is InChI=1S/C5H12O.H3N.H2O/c1-4-5(2,3)6;;/h6H,4H2,1-3H3;1H3;1H2. The van der Waals surface area contributed by atoms with E-state index in [-0.39, 0.29) is 11.6 Å². The van der Waals surface area contributed by atoms with E-state index in [9.17, 15) is 0 Å². The molecule has 0 heterocycles. The van der Waals surface area contributed by atoms with Crippen LogP contribution in [-0.2, 0) is 0 Å². The molecular weight excluding hydrogens is 106 g/mol. The summed E-state index contributed by atoms with van der Waals surface area (Å²) in [5, 5.41) is 8.83. The Labute approximate surface area is 50.6 Å². The van der Waals surface area contributed by atoms with Gasteiger partial charge in [-0.2, -0.15) is 0 Å². The summed E-state index contributed by atoms with van der Waals surface area (Å²) in [6.45, 7) is 5.56. The largest absolute Gasteiger partial charge is 0.412 e. The zero-order chi connectivity index (χ0) is 5.21. The van der Waals surface area contributed by atoms with E-state index in [2.05, 4.69) is 0 Å². The molecule has 8 heavy (non-hydrogen) atoms. The Morgan fingerprint density at radius 3 is 1.50 bits per heavy atom. The second kappa shape index (κ2) is 5.03. The third kappa shape index (κ3) is 16.9. The molecule has 3 nitrogen and oxygen atoms in total. The van der Waals surface area contributed by atoms with Crippen molar-refractivity contribution in [3.05, 3.63) is 0 Å².